The number of cyclic esters (lactones) is 2. The molecule has 0 amide bonds. The van der Waals surface area contributed by atoms with Gasteiger partial charge in [-0.25, -0.2) is 0 Å². The largest absolute Gasteiger partial charge is 0.466 e. The fourth-order valence-electron chi connectivity index (χ4n) is 2.64. The SMILES string of the molecule is O=C1CCCC=CCCC=CCCCC(=O)OCCCOCC#CC#CCOCCCO1. The van der Waals surface area contributed by atoms with Crippen LogP contribution in [0.2, 0.25) is 0 Å². The number of carbonyl (C=O) groups excluding carboxylic acids is 2. The summed E-state index contributed by atoms with van der Waals surface area (Å²) in [5.41, 5.74) is 0. The summed E-state index contributed by atoms with van der Waals surface area (Å²) in [6.45, 7) is 2.28. The molecule has 0 fully saturated rings. The lowest BCUT2D eigenvalue weighted by atomic mass is 10.2. The molecule has 1 heterocycles. The molecule has 1 aliphatic rings. The Hall–Kier alpha value is -2.54. The highest BCUT2D eigenvalue weighted by molar-refractivity contribution is 5.69. The van der Waals surface area contributed by atoms with Crippen molar-refractivity contribution in [1.29, 1.82) is 0 Å². The van der Waals surface area contributed by atoms with Crippen LogP contribution in [0, 0.1) is 23.7 Å². The smallest absolute Gasteiger partial charge is 0.305 e. The second-order valence-corrected chi connectivity index (χ2v) is 7.16. The Labute approximate surface area is 192 Å². The van der Waals surface area contributed by atoms with Crippen molar-refractivity contribution in [1.82, 2.24) is 0 Å². The standard InChI is InChI=1S/C26H36O6/c27-25-17-11-7-5-3-1-2-4-6-8-12-18-26(28)32-24-16-22-30-20-14-10-9-13-19-29-21-15-23-31-25/h3-6H,1-2,7-8,11-12,15-24H2. The molecular weight excluding hydrogens is 408 g/mol. The average Bonchev–Trinajstić information content (AvgIpc) is 2.78. The summed E-state index contributed by atoms with van der Waals surface area (Å²) in [6, 6.07) is 0. The number of hydrogen-bond acceptors (Lipinski definition) is 6. The maximum absolute atomic E-state index is 11.7. The van der Waals surface area contributed by atoms with Gasteiger partial charge < -0.3 is 18.9 Å². The Morgan fingerprint density at radius 1 is 0.562 bits per heavy atom. The van der Waals surface area contributed by atoms with Gasteiger partial charge in [-0.05, 0) is 50.4 Å². The molecule has 0 spiro atoms. The third-order valence-electron chi connectivity index (χ3n) is 4.32. The van der Waals surface area contributed by atoms with Crippen LogP contribution in [0.5, 0.6) is 0 Å². The zero-order chi connectivity index (χ0) is 23.0. The van der Waals surface area contributed by atoms with E-state index in [1.807, 2.05) is 0 Å². The predicted octanol–water partition coefficient (Wildman–Crippen LogP) is 4.14. The van der Waals surface area contributed by atoms with E-state index in [-0.39, 0.29) is 25.2 Å². The minimum absolute atomic E-state index is 0.165. The number of ether oxygens (including phenoxy) is 4. The fourth-order valence-corrected chi connectivity index (χ4v) is 2.64. The van der Waals surface area contributed by atoms with Crippen molar-refractivity contribution in [2.24, 2.45) is 0 Å². The van der Waals surface area contributed by atoms with Crippen LogP contribution in [0.15, 0.2) is 24.3 Å². The minimum Gasteiger partial charge on any atom is -0.466 e. The molecule has 0 aromatic carbocycles. The molecule has 32 heavy (non-hydrogen) atoms. The lowest BCUT2D eigenvalue weighted by Crippen LogP contribution is -2.07. The monoisotopic (exact) mass is 444 g/mol. The van der Waals surface area contributed by atoms with Crippen LogP contribution in [0.3, 0.4) is 0 Å². The molecule has 0 aromatic rings. The number of hydrogen-bond donors (Lipinski definition) is 0. The first-order valence-corrected chi connectivity index (χ1v) is 11.5. The lowest BCUT2D eigenvalue weighted by molar-refractivity contribution is -0.145. The van der Waals surface area contributed by atoms with Gasteiger partial charge in [0.1, 0.15) is 13.2 Å². The number of rotatable bonds is 0. The maximum Gasteiger partial charge on any atom is 0.305 e. The molecule has 0 saturated carbocycles. The van der Waals surface area contributed by atoms with Crippen molar-refractivity contribution in [3.8, 4) is 23.7 Å². The molecule has 0 saturated heterocycles. The minimum atomic E-state index is -0.165. The summed E-state index contributed by atoms with van der Waals surface area (Å²) in [5.74, 6) is 10.7. The Morgan fingerprint density at radius 2 is 1.00 bits per heavy atom. The van der Waals surface area contributed by atoms with E-state index in [9.17, 15) is 9.59 Å². The molecule has 176 valence electrons. The zero-order valence-corrected chi connectivity index (χ0v) is 19.1. The van der Waals surface area contributed by atoms with E-state index in [1.165, 1.54) is 0 Å². The molecule has 0 N–H and O–H groups in total. The molecule has 6 nitrogen and oxygen atoms in total. The second kappa shape index (κ2) is 21.7. The zero-order valence-electron chi connectivity index (χ0n) is 19.1. The third-order valence-corrected chi connectivity index (χ3v) is 4.32. The Kier molecular flexibility index (Phi) is 18.6. The maximum atomic E-state index is 11.7. The van der Waals surface area contributed by atoms with Crippen LogP contribution >= 0.6 is 0 Å². The second-order valence-electron chi connectivity index (χ2n) is 7.16. The number of carbonyl (C=O) groups is 2. The van der Waals surface area contributed by atoms with Gasteiger partial charge >= 0.3 is 11.9 Å². The van der Waals surface area contributed by atoms with Gasteiger partial charge in [-0.2, -0.15) is 0 Å². The van der Waals surface area contributed by atoms with Crippen LogP contribution in [0.25, 0.3) is 0 Å². The Morgan fingerprint density at radius 3 is 1.47 bits per heavy atom. The highest BCUT2D eigenvalue weighted by Crippen LogP contribution is 2.04. The van der Waals surface area contributed by atoms with Gasteiger partial charge in [-0.15, -0.1) is 0 Å². The molecule has 0 atom stereocenters. The molecule has 0 bridgehead atoms. The average molecular weight is 445 g/mol. The predicted molar refractivity (Wildman–Crippen MR) is 124 cm³/mol. The van der Waals surface area contributed by atoms with E-state index in [0.29, 0.717) is 52.1 Å². The van der Waals surface area contributed by atoms with Gasteiger partial charge in [0.05, 0.1) is 26.4 Å². The van der Waals surface area contributed by atoms with Gasteiger partial charge in [0, 0.05) is 25.7 Å². The van der Waals surface area contributed by atoms with Crippen LogP contribution < -0.4 is 0 Å². The first-order chi connectivity index (χ1) is 15.8. The topological polar surface area (TPSA) is 71.1 Å². The van der Waals surface area contributed by atoms with Crippen molar-refractivity contribution in [3.63, 3.8) is 0 Å². The Bertz CT molecular complexity index is 627. The van der Waals surface area contributed by atoms with Crippen molar-refractivity contribution in [3.05, 3.63) is 24.3 Å². The number of esters is 2. The highest BCUT2D eigenvalue weighted by atomic mass is 16.5. The van der Waals surface area contributed by atoms with Gasteiger partial charge in [-0.1, -0.05) is 36.1 Å². The molecule has 0 aromatic heterocycles. The summed E-state index contributed by atoms with van der Waals surface area (Å²) in [5, 5.41) is 0. The van der Waals surface area contributed by atoms with Crippen LogP contribution in [0.4, 0.5) is 0 Å². The van der Waals surface area contributed by atoms with Gasteiger partial charge in [-0.3, -0.25) is 9.59 Å². The van der Waals surface area contributed by atoms with E-state index < -0.39 is 0 Å². The molecule has 1 aliphatic heterocycles. The Balaban J connectivity index is 2.30. The first kappa shape index (κ1) is 27.5. The highest BCUT2D eigenvalue weighted by Gasteiger charge is 2.02. The summed E-state index contributed by atoms with van der Waals surface area (Å²) < 4.78 is 21.1. The van der Waals surface area contributed by atoms with Gasteiger partial charge in [0.2, 0.25) is 0 Å². The van der Waals surface area contributed by atoms with Crippen molar-refractivity contribution < 1.29 is 28.5 Å². The quantitative estimate of drug-likeness (QED) is 0.318. The first-order valence-electron chi connectivity index (χ1n) is 11.5. The van der Waals surface area contributed by atoms with Crippen LogP contribution in [0.1, 0.15) is 64.2 Å². The summed E-state index contributed by atoms with van der Waals surface area (Å²) >= 11 is 0. The van der Waals surface area contributed by atoms with E-state index in [1.54, 1.807) is 0 Å². The van der Waals surface area contributed by atoms with E-state index >= 15 is 0 Å². The molecule has 6 heteroatoms. The van der Waals surface area contributed by atoms with Crippen molar-refractivity contribution >= 4 is 11.9 Å². The van der Waals surface area contributed by atoms with Gasteiger partial charge in [0.25, 0.3) is 0 Å². The van der Waals surface area contributed by atoms with Crippen LogP contribution in [-0.4, -0.2) is 51.6 Å². The summed E-state index contributed by atoms with van der Waals surface area (Å²) in [6.07, 6.45) is 15.9. The van der Waals surface area contributed by atoms with E-state index in [2.05, 4.69) is 48.0 Å². The van der Waals surface area contributed by atoms with Crippen molar-refractivity contribution in [2.75, 3.05) is 39.6 Å². The fraction of sp³-hybridized carbons (Fsp3) is 0.615. The van der Waals surface area contributed by atoms with Gasteiger partial charge in [0.15, 0.2) is 0 Å². The number of allylic oxidation sites excluding steroid dienone is 4. The van der Waals surface area contributed by atoms with Crippen LogP contribution in [-0.2, 0) is 28.5 Å². The molecule has 1 rings (SSSR count). The lowest BCUT2D eigenvalue weighted by Gasteiger charge is -2.04. The molecular formula is C26H36O6. The normalized spacial score (nSPS) is 19.9. The summed E-state index contributed by atoms with van der Waals surface area (Å²) in [4.78, 5) is 23.4. The van der Waals surface area contributed by atoms with Crippen molar-refractivity contribution in [2.45, 2.75) is 64.2 Å². The third kappa shape index (κ3) is 19.4. The molecule has 0 unspecified atom stereocenters. The summed E-state index contributed by atoms with van der Waals surface area (Å²) in [7, 11) is 0. The van der Waals surface area contributed by atoms with E-state index in [4.69, 9.17) is 18.9 Å². The van der Waals surface area contributed by atoms with E-state index in [0.717, 1.165) is 38.5 Å². The molecule has 0 aliphatic carbocycles. The molecule has 0 radical (unpaired) electrons.